The normalized spacial score (nSPS) is 15.5. The number of alkyl halides is 9. The monoisotopic (exact) mass is 742 g/mol. The fourth-order valence-electron chi connectivity index (χ4n) is 6.19. The van der Waals surface area contributed by atoms with Gasteiger partial charge in [-0.15, -0.1) is 0 Å². The van der Waals surface area contributed by atoms with Gasteiger partial charge in [-0.3, -0.25) is 0 Å². The molecule has 1 fully saturated rings. The summed E-state index contributed by atoms with van der Waals surface area (Å²) >= 11 is 0. The largest absolute Gasteiger partial charge is 0.497 e. The minimum Gasteiger partial charge on any atom is -0.497 e. The molecule has 1 heterocycles. The third-order valence-corrected chi connectivity index (χ3v) is 8.79. The van der Waals surface area contributed by atoms with Gasteiger partial charge in [0.15, 0.2) is 0 Å². The number of methoxy groups -OCH3 is 2. The van der Waals surface area contributed by atoms with E-state index in [1.54, 1.807) is 38.1 Å². The summed E-state index contributed by atoms with van der Waals surface area (Å²) in [4.78, 5) is 16.3. The lowest BCUT2D eigenvalue weighted by atomic mass is 9.89. The molecule has 0 bridgehead atoms. The maximum Gasteiger partial charge on any atom is 0.416 e. The molecule has 1 aliphatic heterocycles. The second kappa shape index (κ2) is 14.2. The average Bonchev–Trinajstić information content (AvgIpc) is 3.36. The lowest BCUT2D eigenvalue weighted by molar-refractivity contribution is -0.143. The van der Waals surface area contributed by atoms with E-state index in [2.05, 4.69) is 0 Å². The molecule has 1 aliphatic rings. The summed E-state index contributed by atoms with van der Waals surface area (Å²) in [6.07, 6.45) is -15.1. The molecule has 4 aromatic rings. The summed E-state index contributed by atoms with van der Waals surface area (Å²) in [7, 11) is 2.67. The Hall–Kier alpha value is -4.95. The average molecular weight is 743 g/mol. The minimum atomic E-state index is -5.15. The second-order valence-electron chi connectivity index (χ2n) is 12.6. The Labute approximate surface area is 292 Å². The van der Waals surface area contributed by atoms with Gasteiger partial charge in [0.05, 0.1) is 37.0 Å². The number of carbonyl (C=O) groups is 1. The molecule has 5 nitrogen and oxygen atoms in total. The number of nitrogens with zero attached hydrogens (tertiary/aromatic N) is 2. The molecule has 0 saturated carbocycles. The van der Waals surface area contributed by atoms with Gasteiger partial charge in [0.2, 0.25) is 0 Å². The van der Waals surface area contributed by atoms with Crippen LogP contribution in [0, 0.1) is 5.82 Å². The predicted molar refractivity (Wildman–Crippen MR) is 171 cm³/mol. The van der Waals surface area contributed by atoms with Crippen LogP contribution in [0.15, 0.2) is 72.8 Å². The number of rotatable bonds is 9. The summed E-state index contributed by atoms with van der Waals surface area (Å²) in [5.41, 5.74) is -3.73. The smallest absolute Gasteiger partial charge is 0.416 e. The van der Waals surface area contributed by atoms with Crippen LogP contribution < -0.4 is 9.47 Å². The van der Waals surface area contributed by atoms with Crippen molar-refractivity contribution in [1.29, 1.82) is 0 Å². The number of carbonyl (C=O) groups excluding carboxylic acids is 1. The van der Waals surface area contributed by atoms with Crippen molar-refractivity contribution in [3.8, 4) is 22.6 Å². The first-order chi connectivity index (χ1) is 24.2. The van der Waals surface area contributed by atoms with Gasteiger partial charge in [-0.1, -0.05) is 32.0 Å². The van der Waals surface area contributed by atoms with Crippen LogP contribution in [0.5, 0.6) is 11.5 Å². The van der Waals surface area contributed by atoms with Gasteiger partial charge in [0.1, 0.15) is 17.3 Å². The summed E-state index contributed by atoms with van der Waals surface area (Å²) in [6.45, 7) is 2.05. The summed E-state index contributed by atoms with van der Waals surface area (Å²) in [5.74, 6) is -0.530. The van der Waals surface area contributed by atoms with Crippen molar-refractivity contribution in [2.45, 2.75) is 57.4 Å². The molecule has 0 aromatic heterocycles. The van der Waals surface area contributed by atoms with Crippen LogP contribution in [0.25, 0.3) is 11.1 Å². The predicted octanol–water partition coefficient (Wildman–Crippen LogP) is 10.9. The van der Waals surface area contributed by atoms with Crippen LogP contribution in [0.4, 0.5) is 48.7 Å². The molecule has 15 heteroatoms. The lowest BCUT2D eigenvalue weighted by Gasteiger charge is -2.27. The molecule has 52 heavy (non-hydrogen) atoms. The molecule has 1 unspecified atom stereocenters. The van der Waals surface area contributed by atoms with Crippen molar-refractivity contribution in [3.05, 3.63) is 118 Å². The molecule has 278 valence electrons. The van der Waals surface area contributed by atoms with Crippen molar-refractivity contribution >= 4 is 6.03 Å². The van der Waals surface area contributed by atoms with Crippen molar-refractivity contribution in [2.24, 2.45) is 0 Å². The molecule has 0 radical (unpaired) electrons. The van der Waals surface area contributed by atoms with Crippen LogP contribution in [-0.4, -0.2) is 36.6 Å². The Balaban J connectivity index is 1.69. The third kappa shape index (κ3) is 8.07. The fraction of sp³-hybridized carbons (Fsp3) is 0.324. The van der Waals surface area contributed by atoms with E-state index in [4.69, 9.17) is 9.47 Å². The number of hydrogen-bond acceptors (Lipinski definition) is 3. The Morgan fingerprint density at radius 3 is 1.81 bits per heavy atom. The number of halogens is 10. The zero-order valence-corrected chi connectivity index (χ0v) is 28.1. The van der Waals surface area contributed by atoms with E-state index in [1.807, 2.05) is 0 Å². The first-order valence-electron chi connectivity index (χ1n) is 15.8. The number of benzene rings is 4. The highest BCUT2D eigenvalue weighted by Gasteiger charge is 2.42. The van der Waals surface area contributed by atoms with Gasteiger partial charge in [0, 0.05) is 31.3 Å². The highest BCUT2D eigenvalue weighted by Crippen LogP contribution is 2.45. The van der Waals surface area contributed by atoms with Crippen LogP contribution in [0.2, 0.25) is 0 Å². The quantitative estimate of drug-likeness (QED) is 0.160. The molecule has 0 spiro atoms. The highest BCUT2D eigenvalue weighted by molar-refractivity contribution is 5.81. The van der Waals surface area contributed by atoms with E-state index in [-0.39, 0.29) is 46.5 Å². The molecule has 0 N–H and O–H groups in total. The Morgan fingerprint density at radius 2 is 1.29 bits per heavy atom. The first-order valence-corrected chi connectivity index (χ1v) is 15.8. The van der Waals surface area contributed by atoms with Crippen LogP contribution in [0.3, 0.4) is 0 Å². The summed E-state index contributed by atoms with van der Waals surface area (Å²) in [5, 5.41) is 0. The van der Waals surface area contributed by atoms with Gasteiger partial charge >= 0.3 is 24.6 Å². The molecule has 1 saturated heterocycles. The van der Waals surface area contributed by atoms with E-state index in [0.29, 0.717) is 23.4 Å². The molecule has 2 amide bonds. The zero-order valence-electron chi connectivity index (χ0n) is 28.1. The molecule has 5 rings (SSSR count). The minimum absolute atomic E-state index is 0.0190. The molecular weight excluding hydrogens is 710 g/mol. The first kappa shape index (κ1) is 38.3. The maximum atomic E-state index is 15.0. The van der Waals surface area contributed by atoms with E-state index in [9.17, 15) is 44.3 Å². The molecule has 4 aromatic carbocycles. The summed E-state index contributed by atoms with van der Waals surface area (Å²) < 4.78 is 150. The van der Waals surface area contributed by atoms with E-state index in [0.717, 1.165) is 23.1 Å². The van der Waals surface area contributed by atoms with E-state index >= 15 is 4.39 Å². The van der Waals surface area contributed by atoms with Crippen molar-refractivity contribution in [2.75, 3.05) is 20.8 Å². The van der Waals surface area contributed by atoms with Gasteiger partial charge in [-0.2, -0.15) is 39.5 Å². The fourth-order valence-corrected chi connectivity index (χ4v) is 6.19. The summed E-state index contributed by atoms with van der Waals surface area (Å²) in [6, 6.07) is 10.6. The van der Waals surface area contributed by atoms with Gasteiger partial charge in [-0.25, -0.2) is 9.18 Å². The Kier molecular flexibility index (Phi) is 10.5. The van der Waals surface area contributed by atoms with E-state index < -0.39 is 71.8 Å². The lowest BCUT2D eigenvalue weighted by Crippen LogP contribution is -2.32. The third-order valence-electron chi connectivity index (χ3n) is 8.79. The molecule has 0 aliphatic carbocycles. The van der Waals surface area contributed by atoms with Crippen LogP contribution in [-0.2, 0) is 31.6 Å². The van der Waals surface area contributed by atoms with Crippen LogP contribution >= 0.6 is 0 Å². The Bertz CT molecular complexity index is 1900. The number of urea groups is 1. The standard InChI is InChI=1S/C37H32F10N2O3/c1-20(2)28-15-30(33(52-4)16-31(28)38)27-10-7-23(35(39,40)41)14-29(27)32-19-48(34(50)49(32)18-21-5-8-26(51-3)9-6-21)17-22-11-24(36(42,43)44)13-25(12-22)37(45,46)47/h5-16,20,32H,17-19H2,1-4H3. The number of ether oxygens (including phenoxy) is 2. The maximum absolute atomic E-state index is 15.0. The highest BCUT2D eigenvalue weighted by atomic mass is 19.4. The van der Waals surface area contributed by atoms with Crippen molar-refractivity contribution in [1.82, 2.24) is 9.80 Å². The zero-order chi connectivity index (χ0) is 38.3. The van der Waals surface area contributed by atoms with E-state index in [1.165, 1.54) is 31.3 Å². The Morgan fingerprint density at radius 1 is 0.692 bits per heavy atom. The van der Waals surface area contributed by atoms with Gasteiger partial charge in [-0.05, 0) is 82.3 Å². The topological polar surface area (TPSA) is 42.0 Å². The van der Waals surface area contributed by atoms with Crippen molar-refractivity contribution in [3.63, 3.8) is 0 Å². The molecular formula is C37H32F10N2O3. The second-order valence-corrected chi connectivity index (χ2v) is 12.6. The molecule has 1 atom stereocenters. The number of hydrogen-bond donors (Lipinski definition) is 0. The van der Waals surface area contributed by atoms with Gasteiger partial charge in [0.25, 0.3) is 0 Å². The SMILES string of the molecule is COc1ccc(CN2C(=O)N(Cc3cc(C(F)(F)F)cc(C(F)(F)F)c3)CC2c2cc(C(F)(F)F)ccc2-c2cc(C(C)C)c(F)cc2OC)cc1. The van der Waals surface area contributed by atoms with Crippen molar-refractivity contribution < 1.29 is 58.2 Å². The van der Waals surface area contributed by atoms with Crippen LogP contribution in [0.1, 0.15) is 64.8 Å². The number of amides is 2. The van der Waals surface area contributed by atoms with Gasteiger partial charge < -0.3 is 19.3 Å².